The molecule has 2 rings (SSSR count). The summed E-state index contributed by atoms with van der Waals surface area (Å²) in [6, 6.07) is 12.4. The molecule has 3 nitrogen and oxygen atoms in total. The van der Waals surface area contributed by atoms with Gasteiger partial charge < -0.3 is 4.55 Å². The number of hydrogen-bond acceptors (Lipinski definition) is 2. The quantitative estimate of drug-likeness (QED) is 0.684. The average Bonchev–Trinajstić information content (AvgIpc) is 2.45. The second-order valence-corrected chi connectivity index (χ2v) is 7.63. The highest BCUT2D eigenvalue weighted by Crippen LogP contribution is 2.28. The number of carbonyl (C=O) groups excluding carboxylic acids is 1. The summed E-state index contributed by atoms with van der Waals surface area (Å²) in [5.41, 5.74) is 2.39. The Kier molecular flexibility index (Phi) is 6.09. The van der Waals surface area contributed by atoms with Crippen LogP contribution in [0.25, 0.3) is 0 Å². The summed E-state index contributed by atoms with van der Waals surface area (Å²) in [5, 5.41) is -1.03. The molecule has 0 saturated heterocycles. The SMILES string of the molecule is Cc1c(Br)cc(CC(=O)C(c2ccccc2)S(=O)O)cc1Br. The first kappa shape index (κ1) is 17.5. The predicted octanol–water partition coefficient (Wildman–Crippen LogP) is 4.59. The minimum Gasteiger partial charge on any atom is -0.305 e. The Labute approximate surface area is 148 Å². The van der Waals surface area contributed by atoms with E-state index in [1.165, 1.54) is 0 Å². The van der Waals surface area contributed by atoms with Gasteiger partial charge in [-0.15, -0.1) is 0 Å². The van der Waals surface area contributed by atoms with Crippen LogP contribution < -0.4 is 0 Å². The molecule has 2 aromatic carbocycles. The second kappa shape index (κ2) is 7.64. The van der Waals surface area contributed by atoms with E-state index in [2.05, 4.69) is 31.9 Å². The van der Waals surface area contributed by atoms with Crippen molar-refractivity contribution >= 4 is 48.7 Å². The maximum absolute atomic E-state index is 12.5. The van der Waals surface area contributed by atoms with Gasteiger partial charge in [0.15, 0.2) is 16.9 Å². The Bertz CT molecular complexity index is 694. The Morgan fingerprint density at radius 2 is 1.73 bits per heavy atom. The van der Waals surface area contributed by atoms with Crippen molar-refractivity contribution in [3.63, 3.8) is 0 Å². The van der Waals surface area contributed by atoms with Gasteiger partial charge in [-0.05, 0) is 35.7 Å². The molecule has 0 aromatic heterocycles. The smallest absolute Gasteiger partial charge is 0.168 e. The van der Waals surface area contributed by atoms with Gasteiger partial charge >= 0.3 is 0 Å². The molecule has 0 heterocycles. The lowest BCUT2D eigenvalue weighted by molar-refractivity contribution is -0.118. The van der Waals surface area contributed by atoms with Gasteiger partial charge in [0.25, 0.3) is 0 Å². The number of benzene rings is 2. The van der Waals surface area contributed by atoms with Gasteiger partial charge in [-0.3, -0.25) is 4.79 Å². The molecule has 0 aliphatic rings. The molecule has 0 fully saturated rings. The van der Waals surface area contributed by atoms with Crippen molar-refractivity contribution in [3.05, 3.63) is 68.1 Å². The summed E-state index contributed by atoms with van der Waals surface area (Å²) < 4.78 is 22.9. The molecule has 22 heavy (non-hydrogen) atoms. The number of rotatable bonds is 5. The van der Waals surface area contributed by atoms with E-state index in [0.29, 0.717) is 5.56 Å². The first-order valence-electron chi connectivity index (χ1n) is 6.52. The normalized spacial score (nSPS) is 13.6. The lowest BCUT2D eigenvalue weighted by Crippen LogP contribution is -2.19. The Balaban J connectivity index is 2.28. The zero-order valence-corrected chi connectivity index (χ0v) is 15.7. The van der Waals surface area contributed by atoms with Crippen molar-refractivity contribution in [2.24, 2.45) is 0 Å². The maximum atomic E-state index is 12.5. The molecule has 116 valence electrons. The average molecular weight is 446 g/mol. The summed E-state index contributed by atoms with van der Waals surface area (Å²) in [5.74, 6) is -0.283. The number of Topliss-reactive ketones (excluding diaryl/α,β-unsaturated/α-hetero) is 1. The Morgan fingerprint density at radius 3 is 2.23 bits per heavy atom. The zero-order chi connectivity index (χ0) is 16.3. The fourth-order valence-corrected chi connectivity index (χ4v) is 4.12. The van der Waals surface area contributed by atoms with Crippen molar-refractivity contribution in [1.29, 1.82) is 0 Å². The van der Waals surface area contributed by atoms with Gasteiger partial charge in [-0.25, -0.2) is 4.21 Å². The lowest BCUT2D eigenvalue weighted by Gasteiger charge is -2.13. The molecular weight excluding hydrogens is 432 g/mol. The van der Waals surface area contributed by atoms with Crippen molar-refractivity contribution in [3.8, 4) is 0 Å². The summed E-state index contributed by atoms with van der Waals surface area (Å²) in [7, 11) is 0. The summed E-state index contributed by atoms with van der Waals surface area (Å²) in [6.07, 6.45) is 0.101. The predicted molar refractivity (Wildman–Crippen MR) is 95.2 cm³/mol. The lowest BCUT2D eigenvalue weighted by atomic mass is 10.0. The Hall–Kier alpha value is -0.820. The second-order valence-electron chi connectivity index (χ2n) is 4.89. The summed E-state index contributed by atoms with van der Waals surface area (Å²) in [6.45, 7) is 1.95. The number of ketones is 1. The first-order chi connectivity index (χ1) is 10.4. The highest BCUT2D eigenvalue weighted by atomic mass is 79.9. The molecular formula is C16H14Br2O3S. The van der Waals surface area contributed by atoms with Crippen LogP contribution in [-0.2, 0) is 22.3 Å². The van der Waals surface area contributed by atoms with Gasteiger partial charge in [-0.2, -0.15) is 0 Å². The maximum Gasteiger partial charge on any atom is 0.168 e. The monoisotopic (exact) mass is 444 g/mol. The largest absolute Gasteiger partial charge is 0.305 e. The van der Waals surface area contributed by atoms with Crippen LogP contribution in [-0.4, -0.2) is 14.5 Å². The van der Waals surface area contributed by atoms with Crippen LogP contribution in [0.3, 0.4) is 0 Å². The topological polar surface area (TPSA) is 54.4 Å². The van der Waals surface area contributed by atoms with Crippen LogP contribution in [0, 0.1) is 6.92 Å². The first-order valence-corrected chi connectivity index (χ1v) is 9.27. The fraction of sp³-hybridized carbons (Fsp3) is 0.188. The minimum absolute atomic E-state index is 0.101. The van der Waals surface area contributed by atoms with E-state index in [-0.39, 0.29) is 12.2 Å². The molecule has 2 unspecified atom stereocenters. The highest BCUT2D eigenvalue weighted by molar-refractivity contribution is 9.11. The van der Waals surface area contributed by atoms with Crippen LogP contribution in [0.5, 0.6) is 0 Å². The van der Waals surface area contributed by atoms with Gasteiger partial charge in [0.05, 0.1) is 0 Å². The van der Waals surface area contributed by atoms with Crippen LogP contribution in [0.2, 0.25) is 0 Å². The molecule has 0 amide bonds. The standard InChI is InChI=1S/C16H14Br2O3S/c1-10-13(17)7-11(8-14(10)18)9-15(19)16(22(20)21)12-5-3-2-4-6-12/h2-8,16H,9H2,1H3,(H,20,21). The van der Waals surface area contributed by atoms with Gasteiger partial charge in [0.2, 0.25) is 0 Å². The fourth-order valence-electron chi connectivity index (χ4n) is 2.14. The van der Waals surface area contributed by atoms with E-state index < -0.39 is 16.3 Å². The highest BCUT2D eigenvalue weighted by Gasteiger charge is 2.26. The third kappa shape index (κ3) is 4.13. The van der Waals surface area contributed by atoms with E-state index in [1.807, 2.05) is 19.1 Å². The van der Waals surface area contributed by atoms with Crippen LogP contribution in [0.4, 0.5) is 0 Å². The molecule has 2 atom stereocenters. The Morgan fingerprint density at radius 1 is 1.18 bits per heavy atom. The van der Waals surface area contributed by atoms with Crippen molar-refractivity contribution < 1.29 is 13.6 Å². The van der Waals surface area contributed by atoms with Crippen molar-refractivity contribution in [2.45, 2.75) is 18.6 Å². The molecule has 0 radical (unpaired) electrons. The molecule has 1 N–H and O–H groups in total. The molecule has 2 aromatic rings. The van der Waals surface area contributed by atoms with Crippen LogP contribution >= 0.6 is 31.9 Å². The van der Waals surface area contributed by atoms with E-state index in [1.54, 1.807) is 30.3 Å². The van der Waals surface area contributed by atoms with Crippen molar-refractivity contribution in [2.75, 3.05) is 0 Å². The molecule has 0 spiro atoms. The zero-order valence-electron chi connectivity index (χ0n) is 11.8. The minimum atomic E-state index is -2.25. The van der Waals surface area contributed by atoms with Crippen molar-refractivity contribution in [1.82, 2.24) is 0 Å². The van der Waals surface area contributed by atoms with Crippen LogP contribution in [0.1, 0.15) is 21.9 Å². The van der Waals surface area contributed by atoms with Gasteiger partial charge in [0, 0.05) is 15.4 Å². The van der Waals surface area contributed by atoms with E-state index in [4.69, 9.17) is 0 Å². The molecule has 0 bridgehead atoms. The van der Waals surface area contributed by atoms with Gasteiger partial charge in [0.1, 0.15) is 5.25 Å². The summed E-state index contributed by atoms with van der Waals surface area (Å²) in [4.78, 5) is 12.5. The van der Waals surface area contributed by atoms with Gasteiger partial charge in [-0.1, -0.05) is 62.2 Å². The van der Waals surface area contributed by atoms with E-state index in [9.17, 15) is 13.6 Å². The molecule has 0 aliphatic heterocycles. The summed E-state index contributed by atoms with van der Waals surface area (Å²) >= 11 is 4.65. The third-order valence-electron chi connectivity index (χ3n) is 3.32. The van der Waals surface area contributed by atoms with E-state index >= 15 is 0 Å². The molecule has 0 aliphatic carbocycles. The third-order valence-corrected chi connectivity index (χ3v) is 5.90. The number of halogens is 2. The molecule has 0 saturated carbocycles. The molecule has 6 heteroatoms. The van der Waals surface area contributed by atoms with E-state index in [0.717, 1.165) is 20.1 Å². The number of hydrogen-bond donors (Lipinski definition) is 1. The van der Waals surface area contributed by atoms with Crippen LogP contribution in [0.15, 0.2) is 51.4 Å². The number of carbonyl (C=O) groups is 1.